The molecule has 1 rings (SSSR count). The van der Waals surface area contributed by atoms with Gasteiger partial charge in [-0.25, -0.2) is 10.1 Å². The Hall–Kier alpha value is -2.52. The Labute approximate surface area is 114 Å². The molecule has 0 radical (unpaired) electrons. The van der Waals surface area contributed by atoms with Crippen LogP contribution in [-0.2, 0) is 0 Å². The van der Waals surface area contributed by atoms with Crippen LogP contribution in [0.3, 0.4) is 0 Å². The second-order valence-electron chi connectivity index (χ2n) is 4.29. The van der Waals surface area contributed by atoms with Crippen molar-refractivity contribution in [3.8, 4) is 11.8 Å². The summed E-state index contributed by atoms with van der Waals surface area (Å²) in [6, 6.07) is 9.35. The van der Waals surface area contributed by atoms with Gasteiger partial charge in [0.05, 0.1) is 12.6 Å². The first-order chi connectivity index (χ1) is 9.10. The van der Waals surface area contributed by atoms with Crippen LogP contribution in [0.5, 0.6) is 5.75 Å². The fraction of sp³-hybridized carbons (Fsp3) is 0.250. The van der Waals surface area contributed by atoms with E-state index >= 15 is 0 Å². The van der Waals surface area contributed by atoms with E-state index < -0.39 is 0 Å². The van der Waals surface area contributed by atoms with E-state index in [1.54, 1.807) is 6.92 Å². The zero-order chi connectivity index (χ0) is 14.3. The van der Waals surface area contributed by atoms with Crippen molar-refractivity contribution in [2.24, 2.45) is 0 Å². The van der Waals surface area contributed by atoms with E-state index in [9.17, 15) is 0 Å². The van der Waals surface area contributed by atoms with Crippen LogP contribution in [0.25, 0.3) is 10.4 Å². The molecule has 1 aromatic rings. The molecule has 0 bridgehead atoms. The van der Waals surface area contributed by atoms with Gasteiger partial charge in [-0.1, -0.05) is 23.8 Å². The average molecular weight is 252 g/mol. The van der Waals surface area contributed by atoms with Crippen LogP contribution in [0, 0.1) is 17.9 Å². The van der Waals surface area contributed by atoms with E-state index in [1.165, 1.54) is 5.57 Å². The topological polar surface area (TPSA) is 37.4 Å². The van der Waals surface area contributed by atoms with E-state index in [-0.39, 0.29) is 5.70 Å². The summed E-state index contributed by atoms with van der Waals surface area (Å²) in [6.07, 6.45) is 1.98. The molecule has 0 aliphatic rings. The fourth-order valence-electron chi connectivity index (χ4n) is 1.52. The zero-order valence-corrected chi connectivity index (χ0v) is 11.4. The van der Waals surface area contributed by atoms with Gasteiger partial charge in [-0.05, 0) is 38.5 Å². The molecule has 0 aliphatic heterocycles. The molecule has 0 heterocycles. The molecule has 0 atom stereocenters. The maximum atomic E-state index is 8.93. The number of benzene rings is 1. The predicted molar refractivity (Wildman–Crippen MR) is 76.2 cm³/mol. The number of para-hydroxylation sites is 1. The molecule has 1 aromatic carbocycles. The molecule has 0 spiro atoms. The smallest absolute Gasteiger partial charge is 0.265 e. The highest BCUT2D eigenvalue weighted by molar-refractivity contribution is 5.75. The van der Waals surface area contributed by atoms with Crippen molar-refractivity contribution in [1.82, 2.24) is 0 Å². The predicted octanol–water partition coefficient (Wildman–Crippen LogP) is 4.21. The van der Waals surface area contributed by atoms with Crippen molar-refractivity contribution in [1.29, 1.82) is 5.26 Å². The second-order valence-corrected chi connectivity index (χ2v) is 4.29. The molecule has 0 saturated carbocycles. The molecule has 0 N–H and O–H groups in total. The number of rotatable bonds is 4. The van der Waals surface area contributed by atoms with Gasteiger partial charge < -0.3 is 4.74 Å². The van der Waals surface area contributed by atoms with Crippen molar-refractivity contribution < 1.29 is 4.74 Å². The lowest BCUT2D eigenvalue weighted by Crippen LogP contribution is -1.97. The lowest BCUT2D eigenvalue weighted by atomic mass is 10.0. The van der Waals surface area contributed by atoms with Crippen molar-refractivity contribution in [3.05, 3.63) is 58.6 Å². The molecule has 0 amide bonds. The summed E-state index contributed by atoms with van der Waals surface area (Å²) >= 11 is 0. The first kappa shape index (κ1) is 14.5. The summed E-state index contributed by atoms with van der Waals surface area (Å²) in [5.74, 6) is 0.689. The molecular weight excluding hydrogens is 236 g/mol. The molecule has 0 aliphatic carbocycles. The van der Waals surface area contributed by atoms with E-state index in [2.05, 4.69) is 4.85 Å². The highest BCUT2D eigenvalue weighted by Gasteiger charge is 2.09. The van der Waals surface area contributed by atoms with E-state index in [0.717, 1.165) is 5.56 Å². The van der Waals surface area contributed by atoms with Crippen molar-refractivity contribution >= 4 is 5.57 Å². The van der Waals surface area contributed by atoms with Gasteiger partial charge in [0.1, 0.15) is 12.4 Å². The fourth-order valence-corrected chi connectivity index (χ4v) is 1.52. The summed E-state index contributed by atoms with van der Waals surface area (Å²) in [6.45, 7) is 13.3. The van der Waals surface area contributed by atoms with Crippen molar-refractivity contribution in [2.75, 3.05) is 6.61 Å². The number of ether oxygens (including phenoxy) is 1. The third kappa shape index (κ3) is 4.01. The Bertz CT molecular complexity index is 578. The quantitative estimate of drug-likeness (QED) is 0.457. The van der Waals surface area contributed by atoms with Crippen LogP contribution >= 0.6 is 0 Å². The van der Waals surface area contributed by atoms with Crippen molar-refractivity contribution in [2.45, 2.75) is 20.8 Å². The van der Waals surface area contributed by atoms with Gasteiger partial charge >= 0.3 is 0 Å². The van der Waals surface area contributed by atoms with Crippen LogP contribution in [-0.4, -0.2) is 6.61 Å². The Kier molecular flexibility index (Phi) is 5.38. The molecule has 96 valence electrons. The lowest BCUT2D eigenvalue weighted by molar-refractivity contribution is 0.361. The Morgan fingerprint density at radius 3 is 2.63 bits per heavy atom. The minimum Gasteiger partial charge on any atom is -0.489 e. The minimum atomic E-state index is 0.0956. The SMILES string of the molecule is [C-]#[N+]/C(C#N)=C(/C)c1ccccc1OCC=C(C)C. The first-order valence-corrected chi connectivity index (χ1v) is 5.94. The van der Waals surface area contributed by atoms with E-state index in [1.807, 2.05) is 50.3 Å². The molecule has 19 heavy (non-hydrogen) atoms. The summed E-state index contributed by atoms with van der Waals surface area (Å²) in [7, 11) is 0. The molecule has 3 nitrogen and oxygen atoms in total. The standard InChI is InChI=1S/C16H16N2O/c1-12(2)9-10-19-16-8-6-5-7-14(16)13(3)15(11-17)18-4/h5-9H,10H2,1-3H3/b15-13-. The van der Waals surface area contributed by atoms with Crippen LogP contribution in [0.2, 0.25) is 0 Å². The summed E-state index contributed by atoms with van der Waals surface area (Å²) in [5.41, 5.74) is 2.71. The maximum Gasteiger partial charge on any atom is 0.265 e. The zero-order valence-electron chi connectivity index (χ0n) is 11.4. The number of nitriles is 1. The van der Waals surface area contributed by atoms with Crippen LogP contribution in [0.4, 0.5) is 0 Å². The Balaban J connectivity index is 3.11. The van der Waals surface area contributed by atoms with E-state index in [4.69, 9.17) is 16.6 Å². The molecule has 0 saturated heterocycles. The number of allylic oxidation sites excluding steroid dienone is 3. The third-order valence-electron chi connectivity index (χ3n) is 2.59. The number of nitrogens with zero attached hydrogens (tertiary/aromatic N) is 2. The Morgan fingerprint density at radius 1 is 1.37 bits per heavy atom. The third-order valence-corrected chi connectivity index (χ3v) is 2.59. The second kappa shape index (κ2) is 7.03. The molecule has 0 aromatic heterocycles. The molecule has 0 fully saturated rings. The first-order valence-electron chi connectivity index (χ1n) is 5.94. The van der Waals surface area contributed by atoms with Crippen LogP contribution in [0.15, 0.2) is 41.6 Å². The van der Waals surface area contributed by atoms with Gasteiger partial charge in [0.25, 0.3) is 5.70 Å². The van der Waals surface area contributed by atoms with Gasteiger partial charge in [-0.15, -0.1) is 0 Å². The highest BCUT2D eigenvalue weighted by atomic mass is 16.5. The number of hydrogen-bond acceptors (Lipinski definition) is 2. The number of hydrogen-bond donors (Lipinski definition) is 0. The minimum absolute atomic E-state index is 0.0956. The molecule has 0 unspecified atom stereocenters. The van der Waals surface area contributed by atoms with Gasteiger partial charge in [0, 0.05) is 5.56 Å². The molecular formula is C16H16N2O. The van der Waals surface area contributed by atoms with Gasteiger partial charge in [-0.3, -0.25) is 0 Å². The summed E-state index contributed by atoms with van der Waals surface area (Å²) in [4.78, 5) is 3.23. The maximum absolute atomic E-state index is 8.93. The van der Waals surface area contributed by atoms with Gasteiger partial charge in [0.2, 0.25) is 0 Å². The molecule has 3 heteroatoms. The average Bonchev–Trinajstić information content (AvgIpc) is 2.40. The monoisotopic (exact) mass is 252 g/mol. The highest BCUT2D eigenvalue weighted by Crippen LogP contribution is 2.28. The van der Waals surface area contributed by atoms with Gasteiger partial charge in [0.15, 0.2) is 0 Å². The van der Waals surface area contributed by atoms with Gasteiger partial charge in [-0.2, -0.15) is 0 Å². The largest absolute Gasteiger partial charge is 0.489 e. The van der Waals surface area contributed by atoms with Crippen molar-refractivity contribution in [3.63, 3.8) is 0 Å². The normalized spacial score (nSPS) is 10.8. The lowest BCUT2D eigenvalue weighted by Gasteiger charge is -2.10. The summed E-state index contributed by atoms with van der Waals surface area (Å²) in [5, 5.41) is 8.93. The summed E-state index contributed by atoms with van der Waals surface area (Å²) < 4.78 is 5.69. The van der Waals surface area contributed by atoms with Crippen LogP contribution in [0.1, 0.15) is 26.3 Å². The van der Waals surface area contributed by atoms with Crippen LogP contribution < -0.4 is 4.74 Å². The van der Waals surface area contributed by atoms with E-state index in [0.29, 0.717) is 17.9 Å². The Morgan fingerprint density at radius 2 is 2.05 bits per heavy atom.